The SMILES string of the molecule is N#Cc1ccc(C(NC(=O)OCC2c3ccccc3-c3ccccc32)C(=O)O)cc1. The monoisotopic (exact) mass is 398 g/mol. The number of benzene rings is 3. The summed E-state index contributed by atoms with van der Waals surface area (Å²) >= 11 is 0. The third kappa shape index (κ3) is 3.61. The lowest BCUT2D eigenvalue weighted by Crippen LogP contribution is -2.34. The number of ether oxygens (including phenoxy) is 1. The van der Waals surface area contributed by atoms with Gasteiger partial charge >= 0.3 is 12.1 Å². The lowest BCUT2D eigenvalue weighted by Gasteiger charge is -2.17. The van der Waals surface area contributed by atoms with Crippen LogP contribution in [0.2, 0.25) is 0 Å². The Morgan fingerprint density at radius 2 is 1.53 bits per heavy atom. The first-order valence-electron chi connectivity index (χ1n) is 9.43. The number of nitriles is 1. The van der Waals surface area contributed by atoms with Gasteiger partial charge in [-0.3, -0.25) is 0 Å². The number of nitrogens with one attached hydrogen (secondary N) is 1. The van der Waals surface area contributed by atoms with E-state index in [0.29, 0.717) is 11.1 Å². The summed E-state index contributed by atoms with van der Waals surface area (Å²) in [7, 11) is 0. The molecule has 0 aromatic heterocycles. The normalized spacial score (nSPS) is 12.9. The second-order valence-electron chi connectivity index (χ2n) is 6.97. The average molecular weight is 398 g/mol. The minimum Gasteiger partial charge on any atom is -0.479 e. The predicted molar refractivity (Wildman–Crippen MR) is 110 cm³/mol. The number of hydrogen-bond acceptors (Lipinski definition) is 4. The molecule has 0 saturated heterocycles. The van der Waals surface area contributed by atoms with E-state index in [4.69, 9.17) is 10.00 Å². The van der Waals surface area contributed by atoms with Crippen LogP contribution in [0, 0.1) is 11.3 Å². The van der Waals surface area contributed by atoms with E-state index >= 15 is 0 Å². The van der Waals surface area contributed by atoms with E-state index in [2.05, 4.69) is 5.32 Å². The predicted octanol–water partition coefficient (Wildman–Crippen LogP) is 4.22. The number of carboxylic acid groups (broad SMARTS) is 1. The number of rotatable bonds is 5. The Balaban J connectivity index is 1.48. The van der Waals surface area contributed by atoms with Crippen LogP contribution in [-0.2, 0) is 9.53 Å². The first-order valence-corrected chi connectivity index (χ1v) is 9.43. The maximum atomic E-state index is 12.4. The van der Waals surface area contributed by atoms with Gasteiger partial charge in [0.1, 0.15) is 6.61 Å². The smallest absolute Gasteiger partial charge is 0.408 e. The summed E-state index contributed by atoms with van der Waals surface area (Å²) in [5, 5.41) is 20.8. The summed E-state index contributed by atoms with van der Waals surface area (Å²) in [5.74, 6) is -1.32. The Kier molecular flexibility index (Phi) is 5.19. The van der Waals surface area contributed by atoms with Crippen molar-refractivity contribution in [3.05, 3.63) is 95.1 Å². The number of alkyl carbamates (subject to hydrolysis) is 1. The molecule has 0 radical (unpaired) electrons. The van der Waals surface area contributed by atoms with E-state index < -0.39 is 18.1 Å². The van der Waals surface area contributed by atoms with Crippen LogP contribution < -0.4 is 5.32 Å². The summed E-state index contributed by atoms with van der Waals surface area (Å²) in [6.45, 7) is 0.0968. The van der Waals surface area contributed by atoms with Crippen molar-refractivity contribution in [1.82, 2.24) is 5.32 Å². The summed E-state index contributed by atoms with van der Waals surface area (Å²) < 4.78 is 5.42. The molecule has 148 valence electrons. The van der Waals surface area contributed by atoms with Gasteiger partial charge in [-0.05, 0) is 39.9 Å². The molecule has 6 nitrogen and oxygen atoms in total. The Morgan fingerprint density at radius 1 is 0.967 bits per heavy atom. The topological polar surface area (TPSA) is 99.4 Å². The zero-order valence-corrected chi connectivity index (χ0v) is 15.9. The zero-order valence-electron chi connectivity index (χ0n) is 15.9. The molecule has 1 aliphatic carbocycles. The van der Waals surface area contributed by atoms with Crippen molar-refractivity contribution < 1.29 is 19.4 Å². The van der Waals surface area contributed by atoms with E-state index in [0.717, 1.165) is 22.3 Å². The fourth-order valence-electron chi connectivity index (χ4n) is 3.80. The number of hydrogen-bond donors (Lipinski definition) is 2. The Hall–Kier alpha value is -4.11. The highest BCUT2D eigenvalue weighted by Crippen LogP contribution is 2.44. The first-order chi connectivity index (χ1) is 14.6. The fourth-order valence-corrected chi connectivity index (χ4v) is 3.80. The number of nitrogens with zero attached hydrogens (tertiary/aromatic N) is 1. The minimum atomic E-state index is -1.27. The number of fused-ring (bicyclic) bond motifs is 3. The van der Waals surface area contributed by atoms with Crippen molar-refractivity contribution in [3.8, 4) is 17.2 Å². The van der Waals surface area contributed by atoms with Crippen molar-refractivity contribution in [3.63, 3.8) is 0 Å². The molecule has 1 unspecified atom stereocenters. The molecule has 0 spiro atoms. The van der Waals surface area contributed by atoms with Gasteiger partial charge in [0, 0.05) is 5.92 Å². The lowest BCUT2D eigenvalue weighted by molar-refractivity contribution is -0.139. The van der Waals surface area contributed by atoms with Crippen molar-refractivity contribution in [1.29, 1.82) is 5.26 Å². The van der Waals surface area contributed by atoms with Gasteiger partial charge in [-0.1, -0.05) is 60.7 Å². The maximum absolute atomic E-state index is 12.4. The Morgan fingerprint density at radius 3 is 2.07 bits per heavy atom. The quantitative estimate of drug-likeness (QED) is 0.670. The van der Waals surface area contributed by atoms with Gasteiger partial charge in [-0.15, -0.1) is 0 Å². The van der Waals surface area contributed by atoms with Crippen LogP contribution in [0.3, 0.4) is 0 Å². The molecule has 0 fully saturated rings. The second kappa shape index (κ2) is 8.10. The van der Waals surface area contributed by atoms with Crippen LogP contribution in [0.1, 0.15) is 34.2 Å². The van der Waals surface area contributed by atoms with Gasteiger partial charge < -0.3 is 15.2 Å². The van der Waals surface area contributed by atoms with E-state index in [9.17, 15) is 14.7 Å². The number of amides is 1. The van der Waals surface area contributed by atoms with Gasteiger partial charge in [0.15, 0.2) is 6.04 Å². The molecule has 30 heavy (non-hydrogen) atoms. The zero-order chi connectivity index (χ0) is 21.1. The van der Waals surface area contributed by atoms with Crippen molar-refractivity contribution in [2.24, 2.45) is 0 Å². The summed E-state index contributed by atoms with van der Waals surface area (Å²) in [5.41, 5.74) is 5.15. The van der Waals surface area contributed by atoms with Gasteiger partial charge in [0.2, 0.25) is 0 Å². The number of carbonyl (C=O) groups is 2. The average Bonchev–Trinajstić information content (AvgIpc) is 3.10. The van der Waals surface area contributed by atoms with Gasteiger partial charge in [0.25, 0.3) is 0 Å². The van der Waals surface area contributed by atoms with Crippen molar-refractivity contribution in [2.45, 2.75) is 12.0 Å². The third-order valence-electron chi connectivity index (χ3n) is 5.23. The molecular weight excluding hydrogens is 380 g/mol. The first kappa shape index (κ1) is 19.2. The molecule has 2 N–H and O–H groups in total. The van der Waals surface area contributed by atoms with Crippen LogP contribution in [0.4, 0.5) is 4.79 Å². The van der Waals surface area contributed by atoms with Crippen LogP contribution >= 0.6 is 0 Å². The molecule has 3 aromatic carbocycles. The molecular formula is C24H18N2O4. The maximum Gasteiger partial charge on any atom is 0.408 e. The highest BCUT2D eigenvalue weighted by atomic mass is 16.5. The number of carboxylic acids is 1. The molecule has 1 aliphatic rings. The third-order valence-corrected chi connectivity index (χ3v) is 5.23. The molecule has 6 heteroatoms. The van der Waals surface area contributed by atoms with Crippen LogP contribution in [0.25, 0.3) is 11.1 Å². The van der Waals surface area contributed by atoms with E-state index in [1.807, 2.05) is 54.6 Å². The molecule has 0 aliphatic heterocycles. The molecule has 3 aromatic rings. The molecule has 0 saturated carbocycles. The molecule has 0 bridgehead atoms. The fraction of sp³-hybridized carbons (Fsp3) is 0.125. The van der Waals surface area contributed by atoms with E-state index in [1.165, 1.54) is 24.3 Å². The van der Waals surface area contributed by atoms with Gasteiger partial charge in [-0.25, -0.2) is 9.59 Å². The number of aliphatic carboxylic acids is 1. The largest absolute Gasteiger partial charge is 0.479 e. The van der Waals surface area contributed by atoms with Gasteiger partial charge in [0.05, 0.1) is 11.6 Å². The van der Waals surface area contributed by atoms with E-state index in [-0.39, 0.29) is 12.5 Å². The van der Waals surface area contributed by atoms with Crippen molar-refractivity contribution in [2.75, 3.05) is 6.61 Å². The summed E-state index contributed by atoms with van der Waals surface area (Å²) in [6, 6.07) is 22.7. The number of carbonyl (C=O) groups excluding carboxylic acids is 1. The van der Waals surface area contributed by atoms with Gasteiger partial charge in [-0.2, -0.15) is 5.26 Å². The van der Waals surface area contributed by atoms with Crippen LogP contribution in [0.5, 0.6) is 0 Å². The molecule has 0 heterocycles. The summed E-state index contributed by atoms with van der Waals surface area (Å²) in [4.78, 5) is 24.0. The molecule has 4 rings (SSSR count). The van der Waals surface area contributed by atoms with Crippen LogP contribution in [-0.4, -0.2) is 23.8 Å². The van der Waals surface area contributed by atoms with E-state index in [1.54, 1.807) is 0 Å². The second-order valence-corrected chi connectivity index (χ2v) is 6.97. The Labute approximate surface area is 173 Å². The highest BCUT2D eigenvalue weighted by Gasteiger charge is 2.30. The molecule has 1 atom stereocenters. The van der Waals surface area contributed by atoms with Crippen molar-refractivity contribution >= 4 is 12.1 Å². The Bertz CT molecular complexity index is 1100. The molecule has 1 amide bonds. The lowest BCUT2D eigenvalue weighted by atomic mass is 9.98. The highest BCUT2D eigenvalue weighted by molar-refractivity contribution is 5.82. The standard InChI is InChI=1S/C24H18N2O4/c25-13-15-9-11-16(12-10-15)22(23(27)28)26-24(29)30-14-21-19-7-3-1-5-17(19)18-6-2-4-8-20(18)21/h1-12,21-22H,14H2,(H,26,29)(H,27,28). The summed E-state index contributed by atoms with van der Waals surface area (Å²) in [6.07, 6.45) is -0.811. The minimum absolute atomic E-state index is 0.0968. The van der Waals surface area contributed by atoms with Crippen LogP contribution in [0.15, 0.2) is 72.8 Å².